The van der Waals surface area contributed by atoms with Crippen LogP contribution in [-0.2, 0) is 11.2 Å². The Labute approximate surface area is 138 Å². The van der Waals surface area contributed by atoms with Gasteiger partial charge in [-0.3, -0.25) is 4.79 Å². The first-order chi connectivity index (χ1) is 11.0. The van der Waals surface area contributed by atoms with E-state index in [1.54, 1.807) is 0 Å². The molecule has 0 aliphatic carbocycles. The van der Waals surface area contributed by atoms with Gasteiger partial charge in [0, 0.05) is 25.3 Å². The number of nitrogens with zero attached hydrogens (tertiary/aromatic N) is 1. The number of anilines is 1. The Balaban J connectivity index is 1.81. The molecule has 0 aromatic heterocycles. The van der Waals surface area contributed by atoms with E-state index < -0.39 is 0 Å². The van der Waals surface area contributed by atoms with Crippen LogP contribution in [0.1, 0.15) is 16.7 Å². The third-order valence-electron chi connectivity index (χ3n) is 3.44. The molecule has 3 nitrogen and oxygen atoms in total. The molecule has 0 aliphatic rings. The Bertz CT molecular complexity index is 721. The number of hydrogen-bond donors (Lipinski definition) is 1. The van der Waals surface area contributed by atoms with Gasteiger partial charge in [0.1, 0.15) is 0 Å². The highest BCUT2D eigenvalue weighted by atomic mass is 16.1. The summed E-state index contributed by atoms with van der Waals surface area (Å²) in [5, 5.41) is 2.83. The molecule has 0 spiro atoms. The van der Waals surface area contributed by atoms with E-state index in [0.29, 0.717) is 13.0 Å². The van der Waals surface area contributed by atoms with Gasteiger partial charge in [-0.25, -0.2) is 0 Å². The second-order valence-corrected chi connectivity index (χ2v) is 5.69. The summed E-state index contributed by atoms with van der Waals surface area (Å²) in [5.41, 5.74) is 4.27. The average molecular weight is 306 g/mol. The van der Waals surface area contributed by atoms with Gasteiger partial charge in [-0.15, -0.1) is 0 Å². The summed E-state index contributed by atoms with van der Waals surface area (Å²) in [7, 11) is 4.01. The molecular weight excluding hydrogens is 284 g/mol. The molecule has 2 rings (SSSR count). The van der Waals surface area contributed by atoms with Crippen LogP contribution in [0.3, 0.4) is 0 Å². The van der Waals surface area contributed by atoms with Crippen molar-refractivity contribution in [2.75, 3.05) is 25.5 Å². The second kappa shape index (κ2) is 8.05. The summed E-state index contributed by atoms with van der Waals surface area (Å²) in [6, 6.07) is 16.0. The smallest absolute Gasteiger partial charge is 0.225 e. The molecule has 2 aromatic carbocycles. The van der Waals surface area contributed by atoms with Gasteiger partial charge in [0.05, 0.1) is 13.0 Å². The molecule has 0 fully saturated rings. The number of rotatable bonds is 4. The predicted octanol–water partition coefficient (Wildman–Crippen LogP) is 2.77. The third kappa shape index (κ3) is 5.52. The first-order valence-electron chi connectivity index (χ1n) is 7.63. The fraction of sp³-hybridized carbons (Fsp3) is 0.250. The van der Waals surface area contributed by atoms with Crippen LogP contribution in [0.2, 0.25) is 0 Å². The number of aryl methyl sites for hydroxylation is 1. The Morgan fingerprint density at radius 2 is 1.87 bits per heavy atom. The Kier molecular flexibility index (Phi) is 5.82. The minimum Gasteiger partial charge on any atom is -0.378 e. The Morgan fingerprint density at radius 3 is 2.52 bits per heavy atom. The van der Waals surface area contributed by atoms with Crippen LogP contribution < -0.4 is 10.2 Å². The zero-order valence-corrected chi connectivity index (χ0v) is 13.9. The molecule has 23 heavy (non-hydrogen) atoms. The summed E-state index contributed by atoms with van der Waals surface area (Å²) >= 11 is 0. The molecule has 0 atom stereocenters. The highest BCUT2D eigenvalue weighted by Gasteiger charge is 2.01. The van der Waals surface area contributed by atoms with Crippen LogP contribution in [0, 0.1) is 18.8 Å². The third-order valence-corrected chi connectivity index (χ3v) is 3.44. The first-order valence-corrected chi connectivity index (χ1v) is 7.63. The number of nitrogens with one attached hydrogen (secondary N) is 1. The van der Waals surface area contributed by atoms with Gasteiger partial charge >= 0.3 is 0 Å². The van der Waals surface area contributed by atoms with Crippen molar-refractivity contribution in [3.63, 3.8) is 0 Å². The largest absolute Gasteiger partial charge is 0.378 e. The second-order valence-electron chi connectivity index (χ2n) is 5.69. The number of amides is 1. The molecule has 0 saturated carbocycles. The zero-order chi connectivity index (χ0) is 16.7. The van der Waals surface area contributed by atoms with Crippen LogP contribution in [-0.4, -0.2) is 26.5 Å². The van der Waals surface area contributed by atoms with Gasteiger partial charge < -0.3 is 10.2 Å². The Morgan fingerprint density at radius 1 is 1.13 bits per heavy atom. The van der Waals surface area contributed by atoms with E-state index in [9.17, 15) is 4.79 Å². The van der Waals surface area contributed by atoms with Crippen molar-refractivity contribution in [1.82, 2.24) is 5.32 Å². The van der Waals surface area contributed by atoms with Crippen molar-refractivity contribution in [2.24, 2.45) is 0 Å². The number of carbonyl (C=O) groups is 1. The Hall–Kier alpha value is -2.73. The lowest BCUT2D eigenvalue weighted by Crippen LogP contribution is -2.25. The fourth-order valence-corrected chi connectivity index (χ4v) is 2.20. The van der Waals surface area contributed by atoms with Crippen LogP contribution in [0.15, 0.2) is 48.5 Å². The summed E-state index contributed by atoms with van der Waals surface area (Å²) in [5.74, 6) is 6.03. The normalized spacial score (nSPS) is 9.70. The van der Waals surface area contributed by atoms with Gasteiger partial charge in [-0.05, 0) is 36.8 Å². The van der Waals surface area contributed by atoms with E-state index in [1.807, 2.05) is 74.4 Å². The maximum Gasteiger partial charge on any atom is 0.225 e. The van der Waals surface area contributed by atoms with E-state index >= 15 is 0 Å². The van der Waals surface area contributed by atoms with Gasteiger partial charge in [-0.2, -0.15) is 0 Å². The lowest BCUT2D eigenvalue weighted by molar-refractivity contribution is -0.120. The highest BCUT2D eigenvalue weighted by molar-refractivity contribution is 5.78. The lowest BCUT2D eigenvalue weighted by atomic mass is 10.1. The van der Waals surface area contributed by atoms with E-state index in [-0.39, 0.29) is 5.91 Å². The van der Waals surface area contributed by atoms with Crippen molar-refractivity contribution >= 4 is 11.6 Å². The summed E-state index contributed by atoms with van der Waals surface area (Å²) < 4.78 is 0. The minimum absolute atomic E-state index is 0.00662. The van der Waals surface area contributed by atoms with E-state index in [2.05, 4.69) is 17.2 Å². The van der Waals surface area contributed by atoms with Gasteiger partial charge in [0.15, 0.2) is 0 Å². The maximum absolute atomic E-state index is 11.9. The van der Waals surface area contributed by atoms with E-state index in [4.69, 9.17) is 0 Å². The molecule has 0 radical (unpaired) electrons. The van der Waals surface area contributed by atoms with Crippen molar-refractivity contribution in [3.05, 3.63) is 65.2 Å². The molecule has 0 heterocycles. The van der Waals surface area contributed by atoms with Crippen LogP contribution in [0.5, 0.6) is 0 Å². The molecule has 118 valence electrons. The molecule has 0 unspecified atom stereocenters. The standard InChI is InChI=1S/C20H22N2O/c1-16-6-4-7-18(14-16)15-20(23)21-13-5-8-17-9-11-19(12-10-17)22(2)3/h4,6-7,9-12,14H,13,15H2,1-3H3,(H,21,23). The van der Waals surface area contributed by atoms with Gasteiger partial charge in [0.25, 0.3) is 0 Å². The van der Waals surface area contributed by atoms with Crippen molar-refractivity contribution in [2.45, 2.75) is 13.3 Å². The summed E-state index contributed by atoms with van der Waals surface area (Å²) in [6.07, 6.45) is 0.390. The summed E-state index contributed by atoms with van der Waals surface area (Å²) in [4.78, 5) is 13.9. The SMILES string of the molecule is Cc1cccc(CC(=O)NCC#Cc2ccc(N(C)C)cc2)c1. The van der Waals surface area contributed by atoms with Crippen molar-refractivity contribution in [3.8, 4) is 11.8 Å². The van der Waals surface area contributed by atoms with Gasteiger partial charge in [-0.1, -0.05) is 41.7 Å². The average Bonchev–Trinajstić information content (AvgIpc) is 2.52. The molecular formula is C20H22N2O. The molecule has 0 saturated heterocycles. The molecule has 2 aromatic rings. The summed E-state index contributed by atoms with van der Waals surface area (Å²) in [6.45, 7) is 2.38. The maximum atomic E-state index is 11.9. The van der Waals surface area contributed by atoms with Crippen molar-refractivity contribution < 1.29 is 4.79 Å². The van der Waals surface area contributed by atoms with E-state index in [1.165, 1.54) is 0 Å². The molecule has 0 aliphatic heterocycles. The van der Waals surface area contributed by atoms with E-state index in [0.717, 1.165) is 22.4 Å². The number of carbonyl (C=O) groups excluding carboxylic acids is 1. The zero-order valence-electron chi connectivity index (χ0n) is 13.9. The highest BCUT2D eigenvalue weighted by Crippen LogP contribution is 2.11. The van der Waals surface area contributed by atoms with Crippen LogP contribution in [0.4, 0.5) is 5.69 Å². The minimum atomic E-state index is -0.00662. The molecule has 1 N–H and O–H groups in total. The molecule has 3 heteroatoms. The van der Waals surface area contributed by atoms with Crippen LogP contribution in [0.25, 0.3) is 0 Å². The fourth-order valence-electron chi connectivity index (χ4n) is 2.20. The first kappa shape index (κ1) is 16.6. The number of hydrogen-bond acceptors (Lipinski definition) is 2. The topological polar surface area (TPSA) is 32.3 Å². The van der Waals surface area contributed by atoms with Crippen LogP contribution >= 0.6 is 0 Å². The predicted molar refractivity (Wildman–Crippen MR) is 95.5 cm³/mol. The molecule has 0 bridgehead atoms. The lowest BCUT2D eigenvalue weighted by Gasteiger charge is -2.11. The molecule has 1 amide bonds. The number of benzene rings is 2. The van der Waals surface area contributed by atoms with Crippen molar-refractivity contribution in [1.29, 1.82) is 0 Å². The van der Waals surface area contributed by atoms with Gasteiger partial charge in [0.2, 0.25) is 5.91 Å². The monoisotopic (exact) mass is 306 g/mol. The quantitative estimate of drug-likeness (QED) is 0.881.